The molecule has 0 bridgehead atoms. The minimum Gasteiger partial charge on any atom is -0.497 e. The van der Waals surface area contributed by atoms with Gasteiger partial charge in [-0.1, -0.05) is 6.07 Å². The molecule has 3 aromatic rings. The van der Waals surface area contributed by atoms with Crippen molar-refractivity contribution in [2.45, 2.75) is 12.3 Å². The molecule has 0 fully saturated rings. The molecule has 2 heterocycles. The van der Waals surface area contributed by atoms with Crippen LogP contribution in [-0.2, 0) is 4.79 Å². The van der Waals surface area contributed by atoms with Gasteiger partial charge in [0.25, 0.3) is 0 Å². The van der Waals surface area contributed by atoms with Gasteiger partial charge < -0.3 is 10.1 Å². The molecule has 5 nitrogen and oxygen atoms in total. The second kappa shape index (κ2) is 6.25. The minimum atomic E-state index is -0.686. The van der Waals surface area contributed by atoms with Gasteiger partial charge in [-0.15, -0.1) is 0 Å². The number of ether oxygens (including phenoxy) is 1. The molecule has 26 heavy (non-hydrogen) atoms. The Morgan fingerprint density at radius 1 is 1.19 bits per heavy atom. The van der Waals surface area contributed by atoms with Crippen molar-refractivity contribution in [1.29, 1.82) is 0 Å². The summed E-state index contributed by atoms with van der Waals surface area (Å²) in [5, 5.41) is 2.80. The molecule has 1 atom stereocenters. The lowest BCUT2D eigenvalue weighted by Gasteiger charge is -2.23. The fourth-order valence-electron chi connectivity index (χ4n) is 3.19. The number of fused-ring (bicyclic) bond motifs is 1. The third-order valence-corrected chi connectivity index (χ3v) is 4.46. The number of nitrogens with zero attached hydrogens (tertiary/aromatic N) is 2. The van der Waals surface area contributed by atoms with Gasteiger partial charge in [-0.05, 0) is 35.9 Å². The molecular formula is C19H15F2N3O2. The average Bonchev–Trinajstić information content (AvgIpc) is 3.05. The van der Waals surface area contributed by atoms with Gasteiger partial charge in [0.15, 0.2) is 0 Å². The lowest BCUT2D eigenvalue weighted by molar-refractivity contribution is -0.116. The summed E-state index contributed by atoms with van der Waals surface area (Å²) < 4.78 is 34.3. The van der Waals surface area contributed by atoms with Crippen LogP contribution < -0.4 is 10.1 Å². The van der Waals surface area contributed by atoms with E-state index < -0.39 is 17.6 Å². The maximum atomic E-state index is 14.2. The molecule has 132 valence electrons. The van der Waals surface area contributed by atoms with Crippen molar-refractivity contribution in [3.8, 4) is 11.4 Å². The molecule has 0 unspecified atom stereocenters. The summed E-state index contributed by atoms with van der Waals surface area (Å²) in [6.45, 7) is 0. The van der Waals surface area contributed by atoms with E-state index >= 15 is 0 Å². The molecule has 1 aliphatic rings. The number of carbonyl (C=O) groups is 1. The van der Waals surface area contributed by atoms with Gasteiger partial charge in [0.05, 0.1) is 12.8 Å². The number of benzene rings is 2. The summed E-state index contributed by atoms with van der Waals surface area (Å²) in [6, 6.07) is 10.6. The van der Waals surface area contributed by atoms with Gasteiger partial charge in [-0.2, -0.15) is 0 Å². The van der Waals surface area contributed by atoms with Crippen LogP contribution in [0.3, 0.4) is 0 Å². The normalized spacial score (nSPS) is 16.1. The highest BCUT2D eigenvalue weighted by Crippen LogP contribution is 2.38. The number of hydrogen-bond donors (Lipinski definition) is 1. The minimum absolute atomic E-state index is 0.0508. The topological polar surface area (TPSA) is 56.1 Å². The van der Waals surface area contributed by atoms with Crippen molar-refractivity contribution in [2.24, 2.45) is 0 Å². The number of methoxy groups -OCH3 is 1. The SMILES string of the molecule is COc1ccc(-n2cnc3c2NC(=O)C[C@H]3c2ccc(F)cc2F)cc1. The molecule has 1 N–H and O–H groups in total. The van der Waals surface area contributed by atoms with Crippen molar-refractivity contribution in [1.82, 2.24) is 9.55 Å². The van der Waals surface area contributed by atoms with E-state index in [0.29, 0.717) is 17.3 Å². The average molecular weight is 355 g/mol. The van der Waals surface area contributed by atoms with Crippen molar-refractivity contribution in [3.63, 3.8) is 0 Å². The molecule has 7 heteroatoms. The van der Waals surface area contributed by atoms with E-state index in [-0.39, 0.29) is 17.9 Å². The van der Waals surface area contributed by atoms with Gasteiger partial charge in [0.1, 0.15) is 29.5 Å². The quantitative estimate of drug-likeness (QED) is 0.781. The first kappa shape index (κ1) is 16.3. The molecule has 1 amide bonds. The third kappa shape index (κ3) is 2.71. The molecule has 0 aliphatic carbocycles. The number of carbonyl (C=O) groups excluding carboxylic acids is 1. The Kier molecular flexibility index (Phi) is 3.91. The zero-order valence-corrected chi connectivity index (χ0v) is 13.9. The summed E-state index contributed by atoms with van der Waals surface area (Å²) in [4.78, 5) is 16.6. The van der Waals surface area contributed by atoms with E-state index in [1.54, 1.807) is 30.1 Å². The summed E-state index contributed by atoms with van der Waals surface area (Å²) >= 11 is 0. The zero-order chi connectivity index (χ0) is 18.3. The Labute approximate surface area is 148 Å². The lowest BCUT2D eigenvalue weighted by atomic mass is 9.89. The Bertz CT molecular complexity index is 983. The van der Waals surface area contributed by atoms with Crippen LogP contribution >= 0.6 is 0 Å². The van der Waals surface area contributed by atoms with Crippen molar-refractivity contribution < 1.29 is 18.3 Å². The highest BCUT2D eigenvalue weighted by molar-refractivity contribution is 5.94. The van der Waals surface area contributed by atoms with Crippen LogP contribution in [0.1, 0.15) is 23.6 Å². The fraction of sp³-hybridized carbons (Fsp3) is 0.158. The molecule has 0 radical (unpaired) electrons. The van der Waals surface area contributed by atoms with E-state index in [1.165, 1.54) is 12.1 Å². The molecule has 0 saturated carbocycles. The first-order chi connectivity index (χ1) is 12.6. The van der Waals surface area contributed by atoms with Crippen molar-refractivity contribution in [3.05, 3.63) is 71.7 Å². The zero-order valence-electron chi connectivity index (χ0n) is 13.9. The highest BCUT2D eigenvalue weighted by atomic mass is 19.1. The number of aromatic nitrogens is 2. The Morgan fingerprint density at radius 2 is 1.96 bits per heavy atom. The second-order valence-corrected chi connectivity index (χ2v) is 6.02. The summed E-state index contributed by atoms with van der Waals surface area (Å²) in [7, 11) is 1.58. The van der Waals surface area contributed by atoms with Crippen LogP contribution in [0, 0.1) is 11.6 Å². The van der Waals surface area contributed by atoms with Gasteiger partial charge in [-0.25, -0.2) is 13.8 Å². The van der Waals surface area contributed by atoms with E-state index in [4.69, 9.17) is 4.74 Å². The number of rotatable bonds is 3. The molecule has 1 aromatic heterocycles. The van der Waals surface area contributed by atoms with Crippen molar-refractivity contribution >= 4 is 11.7 Å². The maximum absolute atomic E-state index is 14.2. The number of hydrogen-bond acceptors (Lipinski definition) is 3. The Hall–Kier alpha value is -3.22. The summed E-state index contributed by atoms with van der Waals surface area (Å²) in [5.41, 5.74) is 1.58. The Balaban J connectivity index is 1.79. The first-order valence-corrected chi connectivity index (χ1v) is 8.03. The van der Waals surface area contributed by atoms with Crippen LogP contribution in [0.25, 0.3) is 5.69 Å². The van der Waals surface area contributed by atoms with Crippen molar-refractivity contribution in [2.75, 3.05) is 12.4 Å². The summed E-state index contributed by atoms with van der Waals surface area (Å²) in [6.07, 6.45) is 1.63. The first-order valence-electron chi connectivity index (χ1n) is 8.03. The van der Waals surface area contributed by atoms with Gasteiger partial charge >= 0.3 is 0 Å². The van der Waals surface area contributed by atoms with E-state index in [2.05, 4.69) is 10.3 Å². The highest BCUT2D eigenvalue weighted by Gasteiger charge is 2.32. The second-order valence-electron chi connectivity index (χ2n) is 6.02. The molecular weight excluding hydrogens is 340 g/mol. The lowest BCUT2D eigenvalue weighted by Crippen LogP contribution is -2.25. The van der Waals surface area contributed by atoms with Crippen LogP contribution in [-0.4, -0.2) is 22.6 Å². The smallest absolute Gasteiger partial charge is 0.226 e. The van der Waals surface area contributed by atoms with E-state index in [1.807, 2.05) is 12.1 Å². The molecule has 2 aromatic carbocycles. The van der Waals surface area contributed by atoms with Crippen LogP contribution in [0.2, 0.25) is 0 Å². The largest absolute Gasteiger partial charge is 0.497 e. The standard InChI is InChI=1S/C19H15F2N3O2/c1-26-13-5-3-12(4-6-13)24-10-22-18-15(9-17(25)23-19(18)24)14-7-2-11(20)8-16(14)21/h2-8,10,15H,9H2,1H3,(H,23,25)/t15-/m0/s1. The number of nitrogens with one attached hydrogen (secondary N) is 1. The number of halogens is 2. The number of imidazole rings is 1. The van der Waals surface area contributed by atoms with Gasteiger partial charge in [0.2, 0.25) is 5.91 Å². The van der Waals surface area contributed by atoms with Gasteiger partial charge in [0, 0.05) is 24.1 Å². The predicted octanol–water partition coefficient (Wildman–Crippen LogP) is 3.63. The number of amides is 1. The summed E-state index contributed by atoms with van der Waals surface area (Å²) in [5.74, 6) is -0.969. The van der Waals surface area contributed by atoms with E-state index in [9.17, 15) is 13.6 Å². The van der Waals surface area contributed by atoms with Crippen LogP contribution in [0.4, 0.5) is 14.6 Å². The van der Waals surface area contributed by atoms with Crippen LogP contribution in [0.5, 0.6) is 5.75 Å². The van der Waals surface area contributed by atoms with E-state index in [0.717, 1.165) is 11.8 Å². The molecule has 4 rings (SSSR count). The van der Waals surface area contributed by atoms with Gasteiger partial charge in [-0.3, -0.25) is 9.36 Å². The third-order valence-electron chi connectivity index (χ3n) is 4.46. The van der Waals surface area contributed by atoms with Crippen LogP contribution in [0.15, 0.2) is 48.8 Å². The monoisotopic (exact) mass is 355 g/mol. The predicted molar refractivity (Wildman–Crippen MR) is 91.6 cm³/mol. The molecule has 1 aliphatic heterocycles. The fourth-order valence-corrected chi connectivity index (χ4v) is 3.19. The number of anilines is 1. The Morgan fingerprint density at radius 3 is 2.65 bits per heavy atom. The molecule has 0 spiro atoms. The molecule has 0 saturated heterocycles. The maximum Gasteiger partial charge on any atom is 0.226 e.